The number of hydrogen-bond donors (Lipinski definition) is 1. The van der Waals surface area contributed by atoms with Crippen molar-refractivity contribution in [3.8, 4) is 0 Å². The quantitative estimate of drug-likeness (QED) is 0.633. The van der Waals surface area contributed by atoms with Gasteiger partial charge in [-0.15, -0.1) is 0 Å². The lowest BCUT2D eigenvalue weighted by atomic mass is 10.2. The molecule has 0 saturated carbocycles. The van der Waals surface area contributed by atoms with Crippen molar-refractivity contribution in [2.45, 2.75) is 6.92 Å². The van der Waals surface area contributed by atoms with E-state index < -0.39 is 0 Å². The summed E-state index contributed by atoms with van der Waals surface area (Å²) < 4.78 is 2.20. The number of halogens is 2. The minimum absolute atomic E-state index is 0.712. The Balaban J connectivity index is 1.96. The molecule has 0 spiro atoms. The highest BCUT2D eigenvalue weighted by Crippen LogP contribution is 2.31. The van der Waals surface area contributed by atoms with Crippen LogP contribution in [0.3, 0.4) is 0 Å². The van der Waals surface area contributed by atoms with Crippen molar-refractivity contribution in [3.05, 3.63) is 51.5 Å². The summed E-state index contributed by atoms with van der Waals surface area (Å²) >= 11 is 11.1. The first-order valence-corrected chi connectivity index (χ1v) is 7.70. The molecule has 96 valence electrons. The summed E-state index contributed by atoms with van der Waals surface area (Å²) in [7, 11) is 0. The number of anilines is 2. The Morgan fingerprint density at radius 3 is 2.84 bits per heavy atom. The highest BCUT2D eigenvalue weighted by atomic mass is 79.9. The maximum atomic E-state index is 5.97. The second-order valence-electron chi connectivity index (χ2n) is 4.22. The van der Waals surface area contributed by atoms with E-state index >= 15 is 0 Å². The monoisotopic (exact) mass is 352 g/mol. The second kappa shape index (κ2) is 5.12. The number of thiazole rings is 1. The Bertz CT molecular complexity index is 754. The molecule has 3 aromatic rings. The number of nitrogens with zero attached hydrogens (tertiary/aromatic N) is 1. The molecule has 0 amide bonds. The molecular formula is C14H10BrClN2S. The van der Waals surface area contributed by atoms with Crippen molar-refractivity contribution in [1.29, 1.82) is 0 Å². The van der Waals surface area contributed by atoms with Crippen molar-refractivity contribution < 1.29 is 0 Å². The van der Waals surface area contributed by atoms with Crippen LogP contribution in [-0.2, 0) is 0 Å². The molecule has 19 heavy (non-hydrogen) atoms. The van der Waals surface area contributed by atoms with Crippen LogP contribution in [0.1, 0.15) is 5.56 Å². The molecule has 5 heteroatoms. The van der Waals surface area contributed by atoms with Crippen molar-refractivity contribution in [2.75, 3.05) is 5.32 Å². The average Bonchev–Trinajstić information content (AvgIpc) is 2.74. The average molecular weight is 354 g/mol. The van der Waals surface area contributed by atoms with E-state index in [1.165, 1.54) is 5.56 Å². The summed E-state index contributed by atoms with van der Waals surface area (Å²) in [5.74, 6) is 0. The molecule has 0 unspecified atom stereocenters. The van der Waals surface area contributed by atoms with Gasteiger partial charge in [0.25, 0.3) is 0 Å². The van der Waals surface area contributed by atoms with Gasteiger partial charge in [0, 0.05) is 15.2 Å². The number of aryl methyl sites for hydroxylation is 1. The topological polar surface area (TPSA) is 24.9 Å². The van der Waals surface area contributed by atoms with Crippen molar-refractivity contribution in [2.24, 2.45) is 0 Å². The number of nitrogens with one attached hydrogen (secondary N) is 1. The van der Waals surface area contributed by atoms with Gasteiger partial charge in [-0.2, -0.15) is 0 Å². The van der Waals surface area contributed by atoms with Crippen LogP contribution in [0.5, 0.6) is 0 Å². The van der Waals surface area contributed by atoms with E-state index in [9.17, 15) is 0 Å². The minimum Gasteiger partial charge on any atom is -0.331 e. The summed E-state index contributed by atoms with van der Waals surface area (Å²) in [6.07, 6.45) is 0. The zero-order valence-electron chi connectivity index (χ0n) is 10.1. The van der Waals surface area contributed by atoms with Gasteiger partial charge in [0.05, 0.1) is 10.2 Å². The van der Waals surface area contributed by atoms with Crippen LogP contribution in [0.4, 0.5) is 10.8 Å². The molecule has 0 aliphatic rings. The fourth-order valence-corrected chi connectivity index (χ4v) is 3.34. The summed E-state index contributed by atoms with van der Waals surface area (Å²) in [5.41, 5.74) is 3.16. The maximum absolute atomic E-state index is 5.97. The van der Waals surface area contributed by atoms with Crippen molar-refractivity contribution >= 4 is 59.9 Å². The standard InChI is InChI=1S/C14H10BrClN2S/c1-8-6-9(15)2-4-11(8)17-14-18-12-7-10(16)3-5-13(12)19-14/h2-7H,1H3,(H,17,18). The minimum atomic E-state index is 0.712. The fourth-order valence-electron chi connectivity index (χ4n) is 1.84. The van der Waals surface area contributed by atoms with E-state index in [-0.39, 0.29) is 0 Å². The highest BCUT2D eigenvalue weighted by Gasteiger charge is 2.06. The van der Waals surface area contributed by atoms with E-state index in [4.69, 9.17) is 11.6 Å². The molecule has 0 radical (unpaired) electrons. The van der Waals surface area contributed by atoms with Gasteiger partial charge < -0.3 is 5.32 Å². The van der Waals surface area contributed by atoms with Crippen LogP contribution in [0.15, 0.2) is 40.9 Å². The van der Waals surface area contributed by atoms with Crippen molar-refractivity contribution in [1.82, 2.24) is 4.98 Å². The van der Waals surface area contributed by atoms with Gasteiger partial charge in [-0.05, 0) is 48.9 Å². The lowest BCUT2D eigenvalue weighted by Crippen LogP contribution is -1.91. The lowest BCUT2D eigenvalue weighted by molar-refractivity contribution is 1.39. The van der Waals surface area contributed by atoms with E-state index in [1.807, 2.05) is 30.3 Å². The van der Waals surface area contributed by atoms with Gasteiger partial charge in [0.15, 0.2) is 5.13 Å². The molecule has 2 aromatic carbocycles. The first kappa shape index (κ1) is 12.9. The lowest BCUT2D eigenvalue weighted by Gasteiger charge is -2.06. The Hall–Kier alpha value is -1.10. The van der Waals surface area contributed by atoms with Gasteiger partial charge in [-0.1, -0.05) is 38.9 Å². The Morgan fingerprint density at radius 2 is 2.05 bits per heavy atom. The first-order valence-electron chi connectivity index (χ1n) is 5.71. The summed E-state index contributed by atoms with van der Waals surface area (Å²) in [6.45, 7) is 2.07. The summed E-state index contributed by atoms with van der Waals surface area (Å²) in [4.78, 5) is 4.54. The first-order chi connectivity index (χ1) is 9.11. The molecule has 1 N–H and O–H groups in total. The molecule has 0 bridgehead atoms. The number of aromatic nitrogens is 1. The van der Waals surface area contributed by atoms with Gasteiger partial charge in [-0.25, -0.2) is 4.98 Å². The molecule has 0 atom stereocenters. The molecular weight excluding hydrogens is 344 g/mol. The number of fused-ring (bicyclic) bond motifs is 1. The van der Waals surface area contributed by atoms with Crippen LogP contribution >= 0.6 is 38.9 Å². The molecule has 1 aromatic heterocycles. The summed E-state index contributed by atoms with van der Waals surface area (Å²) in [6, 6.07) is 11.9. The molecule has 3 rings (SSSR count). The summed E-state index contributed by atoms with van der Waals surface area (Å²) in [5, 5.41) is 4.94. The SMILES string of the molecule is Cc1cc(Br)ccc1Nc1nc2cc(Cl)ccc2s1. The van der Waals surface area contributed by atoms with Crippen LogP contribution in [0.25, 0.3) is 10.2 Å². The Labute approximate surface area is 128 Å². The van der Waals surface area contributed by atoms with Crippen LogP contribution < -0.4 is 5.32 Å². The normalized spacial score (nSPS) is 10.9. The zero-order chi connectivity index (χ0) is 13.4. The molecule has 0 aliphatic heterocycles. The smallest absolute Gasteiger partial charge is 0.188 e. The third-order valence-corrected chi connectivity index (χ3v) is 4.46. The number of hydrogen-bond acceptors (Lipinski definition) is 3. The van der Waals surface area contributed by atoms with Gasteiger partial charge in [0.2, 0.25) is 0 Å². The molecule has 0 saturated heterocycles. The van der Waals surface area contributed by atoms with Gasteiger partial charge in [0.1, 0.15) is 0 Å². The third kappa shape index (κ3) is 2.76. The number of rotatable bonds is 2. The predicted octanol–water partition coefficient (Wildman–Crippen LogP) is 5.76. The fraction of sp³-hybridized carbons (Fsp3) is 0.0714. The van der Waals surface area contributed by atoms with Crippen LogP contribution in [0.2, 0.25) is 5.02 Å². The van der Waals surface area contributed by atoms with Gasteiger partial charge >= 0.3 is 0 Å². The highest BCUT2D eigenvalue weighted by molar-refractivity contribution is 9.10. The van der Waals surface area contributed by atoms with Crippen LogP contribution in [-0.4, -0.2) is 4.98 Å². The van der Waals surface area contributed by atoms with Crippen LogP contribution in [0, 0.1) is 6.92 Å². The molecule has 0 fully saturated rings. The van der Waals surface area contributed by atoms with Gasteiger partial charge in [-0.3, -0.25) is 0 Å². The number of benzene rings is 2. The second-order valence-corrected chi connectivity index (χ2v) is 6.60. The zero-order valence-corrected chi connectivity index (χ0v) is 13.2. The van der Waals surface area contributed by atoms with E-state index in [0.717, 1.165) is 25.5 Å². The maximum Gasteiger partial charge on any atom is 0.188 e. The van der Waals surface area contributed by atoms with E-state index in [0.29, 0.717) is 5.02 Å². The Morgan fingerprint density at radius 1 is 1.21 bits per heavy atom. The van der Waals surface area contributed by atoms with Crippen molar-refractivity contribution in [3.63, 3.8) is 0 Å². The molecule has 2 nitrogen and oxygen atoms in total. The third-order valence-electron chi connectivity index (χ3n) is 2.78. The predicted molar refractivity (Wildman–Crippen MR) is 86.8 cm³/mol. The molecule has 1 heterocycles. The molecule has 0 aliphatic carbocycles. The largest absolute Gasteiger partial charge is 0.331 e. The van der Waals surface area contributed by atoms with E-state index in [1.54, 1.807) is 11.3 Å². The Kier molecular flexibility index (Phi) is 3.48. The van der Waals surface area contributed by atoms with E-state index in [2.05, 4.69) is 39.2 Å².